The Balaban J connectivity index is 0.00000267. The maximum absolute atomic E-state index is 11.1. The minimum Gasteiger partial charge on any atom is -0.549 e. The van der Waals surface area contributed by atoms with Crippen LogP contribution >= 0.6 is 0 Å². The van der Waals surface area contributed by atoms with Crippen LogP contribution in [0.4, 0.5) is 5.69 Å². The van der Waals surface area contributed by atoms with Crippen molar-refractivity contribution >= 4 is 17.6 Å². The summed E-state index contributed by atoms with van der Waals surface area (Å²) >= 11 is 0. The first-order valence-electron chi connectivity index (χ1n) is 11.3. The summed E-state index contributed by atoms with van der Waals surface area (Å²) < 4.78 is 5.27. The predicted molar refractivity (Wildman–Crippen MR) is 132 cm³/mol. The Kier molecular flexibility index (Phi) is 12.5. The fraction of sp³-hybridized carbons (Fsp3) is 0.148. The van der Waals surface area contributed by atoms with Gasteiger partial charge in [-0.1, -0.05) is 18.2 Å². The van der Waals surface area contributed by atoms with Crippen LogP contribution < -0.4 is 79.8 Å². The van der Waals surface area contributed by atoms with Crippen LogP contribution in [0.15, 0.2) is 72.9 Å². The average Bonchev–Trinajstić information content (AvgIpc) is 2.88. The maximum atomic E-state index is 11.1. The topological polar surface area (TPSA) is 157 Å². The zero-order valence-electron chi connectivity index (χ0n) is 22.0. The van der Waals surface area contributed by atoms with E-state index in [9.17, 15) is 19.8 Å². The quantitative estimate of drug-likeness (QED) is 0.151. The van der Waals surface area contributed by atoms with Crippen LogP contribution in [-0.2, 0) is 16.1 Å². The summed E-state index contributed by atoms with van der Waals surface area (Å²) in [6.07, 6.45) is 1.68. The Hall–Kier alpha value is -2.83. The molecule has 10 nitrogen and oxygen atoms in total. The first-order chi connectivity index (χ1) is 17.8. The molecule has 12 heteroatoms. The van der Waals surface area contributed by atoms with Crippen molar-refractivity contribution in [3.63, 3.8) is 0 Å². The van der Waals surface area contributed by atoms with Crippen LogP contribution in [0.1, 0.15) is 5.69 Å². The van der Waals surface area contributed by atoms with Crippen LogP contribution in [0.3, 0.4) is 0 Å². The number of anilines is 1. The number of aromatic nitrogens is 3. The smallest absolute Gasteiger partial charge is 0.549 e. The van der Waals surface area contributed by atoms with Crippen molar-refractivity contribution < 1.29 is 83.7 Å². The molecule has 0 unspecified atom stereocenters. The molecule has 1 aromatic carbocycles. The maximum Gasteiger partial charge on any atom is 1.00 e. The number of carbonyl (C=O) groups is 2. The van der Waals surface area contributed by atoms with E-state index in [1.165, 1.54) is 4.90 Å². The van der Waals surface area contributed by atoms with Gasteiger partial charge in [0.2, 0.25) is 0 Å². The molecule has 0 radical (unpaired) electrons. The Labute approximate surface area is 269 Å². The molecular weight excluding hydrogens is 520 g/mol. The summed E-state index contributed by atoms with van der Waals surface area (Å²) in [5, 5.41) is 22.1. The first kappa shape index (κ1) is 32.4. The molecule has 0 spiro atoms. The number of hydrogen-bond donors (Lipinski definition) is 1. The molecule has 188 valence electrons. The molecule has 0 aliphatic heterocycles. The zero-order valence-corrected chi connectivity index (χ0v) is 26.0. The van der Waals surface area contributed by atoms with Gasteiger partial charge < -0.3 is 30.3 Å². The second-order valence-corrected chi connectivity index (χ2v) is 8.20. The number of nitrogen functional groups attached to an aromatic ring is 1. The fourth-order valence-corrected chi connectivity index (χ4v) is 3.86. The molecule has 0 bridgehead atoms. The Bertz CT molecular complexity index is 1420. The number of carboxylic acid groups (broad SMARTS) is 2. The summed E-state index contributed by atoms with van der Waals surface area (Å²) in [6.45, 7) is -1.18. The van der Waals surface area contributed by atoms with Crippen LogP contribution in [-0.4, -0.2) is 52.0 Å². The summed E-state index contributed by atoms with van der Waals surface area (Å²) in [5.41, 5.74) is 11.1. The summed E-state index contributed by atoms with van der Waals surface area (Å²) in [4.78, 5) is 37.1. The number of hydrogen-bond acceptors (Lipinski definition) is 10. The SMILES string of the molecule is COc1ccc(-c2cc(-c3ccccn3)nc(-c3cccc(CN(CC(=O)[O-])CC(=O)[O-])n3)c2)cc1N.[Na+].[Na+]. The number of rotatable bonds is 10. The number of ether oxygens (including phenoxy) is 1. The van der Waals surface area contributed by atoms with E-state index in [0.29, 0.717) is 39.9 Å². The molecule has 0 atom stereocenters. The van der Waals surface area contributed by atoms with Crippen molar-refractivity contribution in [2.45, 2.75) is 6.54 Å². The molecule has 2 N–H and O–H groups in total. The van der Waals surface area contributed by atoms with E-state index in [1.807, 2.05) is 42.5 Å². The number of carbonyl (C=O) groups excluding carboxylic acids is 2. The van der Waals surface area contributed by atoms with Crippen molar-refractivity contribution in [1.29, 1.82) is 0 Å². The van der Waals surface area contributed by atoms with E-state index in [2.05, 4.69) is 9.97 Å². The van der Waals surface area contributed by atoms with Crippen molar-refractivity contribution in [1.82, 2.24) is 19.9 Å². The van der Waals surface area contributed by atoms with E-state index in [4.69, 9.17) is 15.5 Å². The fourth-order valence-electron chi connectivity index (χ4n) is 3.86. The van der Waals surface area contributed by atoms with Crippen LogP contribution in [0.2, 0.25) is 0 Å². The van der Waals surface area contributed by atoms with E-state index in [-0.39, 0.29) is 65.7 Å². The van der Waals surface area contributed by atoms with E-state index >= 15 is 0 Å². The van der Waals surface area contributed by atoms with Gasteiger partial charge in [-0.15, -0.1) is 0 Å². The van der Waals surface area contributed by atoms with Crippen molar-refractivity contribution in [3.8, 4) is 39.7 Å². The van der Waals surface area contributed by atoms with Gasteiger partial charge in [-0.05, 0) is 59.7 Å². The van der Waals surface area contributed by atoms with Gasteiger partial charge >= 0.3 is 59.1 Å². The minimum absolute atomic E-state index is 0. The Morgan fingerprint density at radius 2 is 1.49 bits per heavy atom. The molecule has 3 heterocycles. The molecular formula is C27H23N5Na2O5. The van der Waals surface area contributed by atoms with Gasteiger partial charge in [0.25, 0.3) is 0 Å². The Morgan fingerprint density at radius 3 is 2.08 bits per heavy atom. The van der Waals surface area contributed by atoms with Crippen molar-refractivity contribution in [2.24, 2.45) is 0 Å². The number of methoxy groups -OCH3 is 1. The molecule has 0 saturated heterocycles. The molecule has 4 aromatic rings. The molecule has 0 amide bonds. The number of benzene rings is 1. The van der Waals surface area contributed by atoms with E-state index in [1.54, 1.807) is 37.6 Å². The second kappa shape index (κ2) is 15.1. The molecule has 39 heavy (non-hydrogen) atoms. The van der Waals surface area contributed by atoms with Gasteiger partial charge in [0.15, 0.2) is 0 Å². The molecule has 3 aromatic heterocycles. The standard InChI is InChI=1S/C27H25N5O5.2Na/c1-37-25-9-8-17(11-20(25)28)18-12-23(21-6-2-3-10-29-21)31-24(13-18)22-7-4-5-19(30-22)14-32(15-26(33)34)16-27(35)36;;/h2-13H,14-16,28H2,1H3,(H,33,34)(H,35,36);;/q;2*+1/p-2. The largest absolute Gasteiger partial charge is 1.00 e. The normalized spacial score (nSPS) is 10.3. The number of nitrogens with two attached hydrogens (primary N) is 1. The molecule has 0 fully saturated rings. The van der Waals surface area contributed by atoms with Crippen LogP contribution in [0.25, 0.3) is 33.9 Å². The second-order valence-electron chi connectivity index (χ2n) is 8.20. The van der Waals surface area contributed by atoms with E-state index < -0.39 is 25.0 Å². The third kappa shape index (κ3) is 8.84. The third-order valence-corrected chi connectivity index (χ3v) is 5.48. The van der Waals surface area contributed by atoms with Crippen molar-refractivity contribution in [2.75, 3.05) is 25.9 Å². The summed E-state index contributed by atoms with van der Waals surface area (Å²) in [7, 11) is 1.55. The average molecular weight is 543 g/mol. The number of pyridine rings is 3. The Morgan fingerprint density at radius 1 is 0.821 bits per heavy atom. The zero-order chi connectivity index (χ0) is 26.4. The predicted octanol–water partition coefficient (Wildman–Crippen LogP) is -5.23. The molecule has 0 saturated carbocycles. The van der Waals surface area contributed by atoms with Gasteiger partial charge in [0.1, 0.15) is 5.75 Å². The number of carboxylic acids is 2. The molecule has 0 aliphatic carbocycles. The first-order valence-corrected chi connectivity index (χ1v) is 11.3. The van der Waals surface area contributed by atoms with Gasteiger partial charge in [0.05, 0.1) is 53.2 Å². The van der Waals surface area contributed by atoms with Crippen LogP contribution in [0, 0.1) is 0 Å². The van der Waals surface area contributed by atoms with E-state index in [0.717, 1.165) is 11.1 Å². The summed E-state index contributed by atoms with van der Waals surface area (Å²) in [6, 6.07) is 20.0. The van der Waals surface area contributed by atoms with Gasteiger partial charge in [-0.2, -0.15) is 0 Å². The number of nitrogens with zero attached hydrogens (tertiary/aromatic N) is 4. The van der Waals surface area contributed by atoms with Crippen molar-refractivity contribution in [3.05, 3.63) is 78.6 Å². The van der Waals surface area contributed by atoms with Gasteiger partial charge in [-0.25, -0.2) is 9.97 Å². The van der Waals surface area contributed by atoms with Gasteiger partial charge in [-0.3, -0.25) is 9.88 Å². The third-order valence-electron chi connectivity index (χ3n) is 5.48. The minimum atomic E-state index is -1.40. The summed E-state index contributed by atoms with van der Waals surface area (Å²) in [5.74, 6) is -2.23. The molecule has 0 aliphatic rings. The molecule has 4 rings (SSSR count). The van der Waals surface area contributed by atoms with Crippen LogP contribution in [0.5, 0.6) is 5.75 Å². The van der Waals surface area contributed by atoms with Gasteiger partial charge in [0, 0.05) is 25.8 Å². The number of aliphatic carboxylic acids is 2. The monoisotopic (exact) mass is 543 g/mol.